The first-order chi connectivity index (χ1) is 8.84. The molecule has 0 aliphatic heterocycles. The SMILES string of the molecule is [Se]P(CCc1ccccc1)CCc1ccccc1. The van der Waals surface area contributed by atoms with Gasteiger partial charge in [0.15, 0.2) is 0 Å². The molecule has 0 aromatic heterocycles. The summed E-state index contributed by atoms with van der Waals surface area (Å²) in [6.45, 7) is 0.0471. The predicted octanol–water partition coefficient (Wildman–Crippen LogP) is 4.04. The van der Waals surface area contributed by atoms with Crippen molar-refractivity contribution in [2.75, 3.05) is 12.3 Å². The van der Waals surface area contributed by atoms with Crippen LogP contribution in [0.4, 0.5) is 0 Å². The standard InChI is InChI=1S/C16H18PSe/c18-17(13-11-15-7-3-1-4-8-15)14-12-16-9-5-2-6-10-16/h1-10H,11-14H2. The number of rotatable bonds is 6. The summed E-state index contributed by atoms with van der Waals surface area (Å²) < 4.78 is 0. The number of benzene rings is 2. The quantitative estimate of drug-likeness (QED) is 0.557. The average molecular weight is 320 g/mol. The Balaban J connectivity index is 1.71. The molecule has 0 atom stereocenters. The van der Waals surface area contributed by atoms with E-state index in [9.17, 15) is 0 Å². The van der Waals surface area contributed by atoms with Crippen molar-refractivity contribution in [3.63, 3.8) is 0 Å². The van der Waals surface area contributed by atoms with E-state index in [0.717, 1.165) is 0 Å². The second kappa shape index (κ2) is 7.74. The van der Waals surface area contributed by atoms with Crippen molar-refractivity contribution in [2.24, 2.45) is 0 Å². The average Bonchev–Trinajstić information content (AvgIpc) is 2.45. The summed E-state index contributed by atoms with van der Waals surface area (Å²) in [5.41, 5.74) is 2.92. The van der Waals surface area contributed by atoms with Gasteiger partial charge in [0.2, 0.25) is 0 Å². The van der Waals surface area contributed by atoms with E-state index in [0.29, 0.717) is 0 Å². The van der Waals surface area contributed by atoms with Crippen LogP contribution >= 0.6 is 6.61 Å². The van der Waals surface area contributed by atoms with Crippen molar-refractivity contribution in [1.29, 1.82) is 0 Å². The van der Waals surface area contributed by atoms with Crippen LogP contribution < -0.4 is 0 Å². The second-order valence-corrected chi connectivity index (χ2v) is 9.51. The summed E-state index contributed by atoms with van der Waals surface area (Å²) in [6, 6.07) is 21.6. The Hall–Kier alpha value is -0.611. The molecule has 2 aromatic carbocycles. The zero-order chi connectivity index (χ0) is 12.6. The maximum atomic E-state index is 3.38. The molecule has 0 bridgehead atoms. The fourth-order valence-electron chi connectivity index (χ4n) is 1.91. The Morgan fingerprint density at radius 3 is 1.44 bits per heavy atom. The minimum atomic E-state index is 0.0471. The molecule has 2 heteroatoms. The van der Waals surface area contributed by atoms with E-state index in [4.69, 9.17) is 0 Å². The molecular formula is C16H18PSe. The van der Waals surface area contributed by atoms with Gasteiger partial charge in [0, 0.05) is 0 Å². The Morgan fingerprint density at radius 1 is 0.667 bits per heavy atom. The molecule has 0 spiro atoms. The molecule has 0 heterocycles. The van der Waals surface area contributed by atoms with Gasteiger partial charge < -0.3 is 0 Å². The molecule has 2 aromatic rings. The van der Waals surface area contributed by atoms with Crippen molar-refractivity contribution in [3.8, 4) is 0 Å². The van der Waals surface area contributed by atoms with Crippen molar-refractivity contribution < 1.29 is 0 Å². The van der Waals surface area contributed by atoms with Gasteiger partial charge in [-0.3, -0.25) is 0 Å². The van der Waals surface area contributed by atoms with Crippen LogP contribution in [-0.4, -0.2) is 27.9 Å². The van der Waals surface area contributed by atoms with E-state index < -0.39 is 0 Å². The molecule has 0 unspecified atom stereocenters. The molecular weight excluding hydrogens is 302 g/mol. The monoisotopic (exact) mass is 321 g/mol. The van der Waals surface area contributed by atoms with Crippen LogP contribution in [0, 0.1) is 0 Å². The third-order valence-electron chi connectivity index (χ3n) is 2.99. The van der Waals surface area contributed by atoms with Gasteiger partial charge in [-0.1, -0.05) is 0 Å². The van der Waals surface area contributed by atoms with E-state index in [2.05, 4.69) is 76.2 Å². The molecule has 0 nitrogen and oxygen atoms in total. The molecule has 93 valence electrons. The summed E-state index contributed by atoms with van der Waals surface area (Å²) in [5.74, 6) is 0. The van der Waals surface area contributed by atoms with Gasteiger partial charge in [0.05, 0.1) is 0 Å². The fourth-order valence-corrected chi connectivity index (χ4v) is 4.30. The van der Waals surface area contributed by atoms with E-state index in [1.165, 1.54) is 36.3 Å². The third kappa shape index (κ3) is 4.94. The molecule has 0 fully saturated rings. The van der Waals surface area contributed by atoms with E-state index in [1.54, 1.807) is 0 Å². The normalized spacial score (nSPS) is 10.8. The van der Waals surface area contributed by atoms with Crippen molar-refractivity contribution in [2.45, 2.75) is 12.8 Å². The molecule has 0 saturated heterocycles. The predicted molar refractivity (Wildman–Crippen MR) is 82.7 cm³/mol. The van der Waals surface area contributed by atoms with Gasteiger partial charge in [-0.15, -0.1) is 0 Å². The van der Waals surface area contributed by atoms with Gasteiger partial charge in [-0.05, 0) is 0 Å². The first-order valence-electron chi connectivity index (χ1n) is 6.34. The molecule has 18 heavy (non-hydrogen) atoms. The van der Waals surface area contributed by atoms with E-state index >= 15 is 0 Å². The molecule has 0 N–H and O–H groups in total. The number of hydrogen-bond acceptors (Lipinski definition) is 0. The van der Waals surface area contributed by atoms with Gasteiger partial charge in [0.25, 0.3) is 0 Å². The Kier molecular flexibility index (Phi) is 5.94. The summed E-state index contributed by atoms with van der Waals surface area (Å²) in [4.78, 5) is 0. The Bertz CT molecular complexity index is 398. The summed E-state index contributed by atoms with van der Waals surface area (Å²) in [6.07, 6.45) is 5.00. The third-order valence-corrected chi connectivity index (χ3v) is 6.73. The van der Waals surface area contributed by atoms with Crippen molar-refractivity contribution in [1.82, 2.24) is 0 Å². The van der Waals surface area contributed by atoms with E-state index in [1.807, 2.05) is 0 Å². The van der Waals surface area contributed by atoms with Crippen molar-refractivity contribution in [3.05, 3.63) is 71.8 Å². The summed E-state index contributed by atoms with van der Waals surface area (Å²) >= 11 is 3.38. The first-order valence-corrected chi connectivity index (χ1v) is 10.3. The number of hydrogen-bond donors (Lipinski definition) is 0. The zero-order valence-electron chi connectivity index (χ0n) is 10.5. The topological polar surface area (TPSA) is 0 Å². The summed E-state index contributed by atoms with van der Waals surface area (Å²) in [7, 11) is 0. The molecule has 0 aliphatic carbocycles. The second-order valence-electron chi connectivity index (χ2n) is 4.40. The molecule has 1 radical (unpaired) electrons. The van der Waals surface area contributed by atoms with Gasteiger partial charge in [0.1, 0.15) is 0 Å². The molecule has 2 rings (SSSR count). The maximum absolute atomic E-state index is 3.38. The van der Waals surface area contributed by atoms with Crippen LogP contribution in [0.5, 0.6) is 0 Å². The minimum absolute atomic E-state index is 0.0471. The molecule has 0 saturated carbocycles. The van der Waals surface area contributed by atoms with Gasteiger partial charge in [-0.25, -0.2) is 0 Å². The molecule has 0 aliphatic rings. The zero-order valence-corrected chi connectivity index (χ0v) is 13.1. The Labute approximate surface area is 119 Å². The van der Waals surface area contributed by atoms with Gasteiger partial charge >= 0.3 is 119 Å². The van der Waals surface area contributed by atoms with Crippen LogP contribution in [0.15, 0.2) is 60.7 Å². The van der Waals surface area contributed by atoms with Crippen LogP contribution in [0.1, 0.15) is 11.1 Å². The first kappa shape index (κ1) is 13.8. The molecule has 0 amide bonds. The number of aryl methyl sites for hydroxylation is 2. The van der Waals surface area contributed by atoms with Crippen LogP contribution in [0.25, 0.3) is 0 Å². The Morgan fingerprint density at radius 2 is 1.06 bits per heavy atom. The van der Waals surface area contributed by atoms with E-state index in [-0.39, 0.29) is 6.61 Å². The van der Waals surface area contributed by atoms with Crippen LogP contribution in [-0.2, 0) is 12.8 Å². The summed E-state index contributed by atoms with van der Waals surface area (Å²) in [5, 5.41) is 0. The van der Waals surface area contributed by atoms with Crippen LogP contribution in [0.3, 0.4) is 0 Å². The van der Waals surface area contributed by atoms with Crippen molar-refractivity contribution >= 4 is 22.2 Å². The fraction of sp³-hybridized carbons (Fsp3) is 0.250. The van der Waals surface area contributed by atoms with Gasteiger partial charge in [-0.2, -0.15) is 0 Å². The van der Waals surface area contributed by atoms with Crippen LogP contribution in [0.2, 0.25) is 0 Å².